The van der Waals surface area contributed by atoms with E-state index in [-0.39, 0.29) is 5.78 Å². The second kappa shape index (κ2) is 5.91. The molecule has 98 valence electrons. The lowest BCUT2D eigenvalue weighted by molar-refractivity contribution is 0.104. The first kappa shape index (κ1) is 13.0. The summed E-state index contributed by atoms with van der Waals surface area (Å²) >= 11 is 0. The number of hydrogen-bond acceptors (Lipinski definition) is 4. The van der Waals surface area contributed by atoms with Crippen molar-refractivity contribution in [3.8, 4) is 11.5 Å². The second-order valence-electron chi connectivity index (χ2n) is 3.78. The molecule has 2 aromatic rings. The van der Waals surface area contributed by atoms with Crippen molar-refractivity contribution in [1.29, 1.82) is 0 Å². The van der Waals surface area contributed by atoms with Crippen LogP contribution in [0.1, 0.15) is 16.1 Å². The van der Waals surface area contributed by atoms with E-state index in [1.165, 1.54) is 13.2 Å². The zero-order chi connectivity index (χ0) is 13.7. The monoisotopic (exact) mass is 258 g/mol. The number of benzene rings is 1. The van der Waals surface area contributed by atoms with Crippen LogP contribution in [0.25, 0.3) is 6.08 Å². The fourth-order valence-corrected chi connectivity index (χ4v) is 1.64. The highest BCUT2D eigenvalue weighted by molar-refractivity contribution is 6.08. The van der Waals surface area contributed by atoms with Gasteiger partial charge in [0.1, 0.15) is 17.3 Å². The van der Waals surface area contributed by atoms with Crippen molar-refractivity contribution in [3.63, 3.8) is 0 Å². The largest absolute Gasteiger partial charge is 0.497 e. The van der Waals surface area contributed by atoms with Gasteiger partial charge < -0.3 is 13.9 Å². The van der Waals surface area contributed by atoms with Gasteiger partial charge in [0.05, 0.1) is 26.0 Å². The van der Waals surface area contributed by atoms with Crippen molar-refractivity contribution < 1.29 is 18.7 Å². The molecule has 4 heteroatoms. The van der Waals surface area contributed by atoms with Gasteiger partial charge in [-0.2, -0.15) is 0 Å². The summed E-state index contributed by atoms with van der Waals surface area (Å²) in [6, 6.07) is 8.62. The maximum Gasteiger partial charge on any atom is 0.189 e. The lowest BCUT2D eigenvalue weighted by Gasteiger charge is -2.07. The van der Waals surface area contributed by atoms with E-state index in [9.17, 15) is 4.79 Å². The van der Waals surface area contributed by atoms with Crippen LogP contribution in [0.5, 0.6) is 11.5 Å². The first-order valence-corrected chi connectivity index (χ1v) is 5.72. The van der Waals surface area contributed by atoms with E-state index in [1.807, 2.05) is 0 Å². The van der Waals surface area contributed by atoms with E-state index >= 15 is 0 Å². The standard InChI is InChI=1S/C15H14O4/c1-17-12-6-8-15(18-2)13(10-12)14(16)7-5-11-4-3-9-19-11/h3-10H,1-2H3/b7-5+. The summed E-state index contributed by atoms with van der Waals surface area (Å²) in [6.45, 7) is 0. The fraction of sp³-hybridized carbons (Fsp3) is 0.133. The smallest absolute Gasteiger partial charge is 0.189 e. The van der Waals surface area contributed by atoms with Crippen LogP contribution in [0.3, 0.4) is 0 Å². The molecule has 4 nitrogen and oxygen atoms in total. The highest BCUT2D eigenvalue weighted by atomic mass is 16.5. The third-order valence-corrected chi connectivity index (χ3v) is 2.61. The van der Waals surface area contributed by atoms with E-state index in [1.54, 1.807) is 49.8 Å². The number of allylic oxidation sites excluding steroid dienone is 1. The summed E-state index contributed by atoms with van der Waals surface area (Å²) in [6.07, 6.45) is 4.60. The number of ether oxygens (including phenoxy) is 2. The fourth-order valence-electron chi connectivity index (χ4n) is 1.64. The van der Waals surface area contributed by atoms with Crippen molar-refractivity contribution in [2.24, 2.45) is 0 Å². The molecule has 0 aliphatic carbocycles. The molecule has 0 fully saturated rings. The molecule has 0 saturated heterocycles. The highest BCUT2D eigenvalue weighted by Crippen LogP contribution is 2.24. The molecule has 0 saturated carbocycles. The lowest BCUT2D eigenvalue weighted by Crippen LogP contribution is -1.99. The Kier molecular flexibility index (Phi) is 4.03. The van der Waals surface area contributed by atoms with Gasteiger partial charge in [0.2, 0.25) is 0 Å². The lowest BCUT2D eigenvalue weighted by atomic mass is 10.1. The van der Waals surface area contributed by atoms with E-state index in [4.69, 9.17) is 13.9 Å². The Morgan fingerprint density at radius 3 is 2.68 bits per heavy atom. The first-order chi connectivity index (χ1) is 9.24. The minimum atomic E-state index is -0.174. The van der Waals surface area contributed by atoms with Crippen LogP contribution in [0, 0.1) is 0 Å². The molecule has 0 spiro atoms. The molecule has 1 aromatic heterocycles. The number of methoxy groups -OCH3 is 2. The minimum absolute atomic E-state index is 0.174. The SMILES string of the molecule is COc1ccc(OC)c(C(=O)/C=C/c2ccco2)c1. The molecule has 0 aliphatic rings. The van der Waals surface area contributed by atoms with Crippen LogP contribution < -0.4 is 9.47 Å². The Morgan fingerprint density at radius 2 is 2.05 bits per heavy atom. The van der Waals surface area contributed by atoms with E-state index < -0.39 is 0 Å². The van der Waals surface area contributed by atoms with Crippen LogP contribution in [0.2, 0.25) is 0 Å². The second-order valence-corrected chi connectivity index (χ2v) is 3.78. The summed E-state index contributed by atoms with van der Waals surface area (Å²) in [5.74, 6) is 1.56. The van der Waals surface area contributed by atoms with Crippen molar-refractivity contribution in [3.05, 3.63) is 54.0 Å². The summed E-state index contributed by atoms with van der Waals surface area (Å²) in [5, 5.41) is 0. The maximum atomic E-state index is 12.1. The molecular formula is C15H14O4. The van der Waals surface area contributed by atoms with Gasteiger partial charge in [-0.1, -0.05) is 0 Å². The zero-order valence-electron chi connectivity index (χ0n) is 10.8. The summed E-state index contributed by atoms with van der Waals surface area (Å²) < 4.78 is 15.4. The third-order valence-electron chi connectivity index (χ3n) is 2.61. The van der Waals surface area contributed by atoms with Gasteiger partial charge in [-0.15, -0.1) is 0 Å². The zero-order valence-corrected chi connectivity index (χ0v) is 10.8. The van der Waals surface area contributed by atoms with E-state index in [2.05, 4.69) is 0 Å². The number of carbonyl (C=O) groups is 1. The number of hydrogen-bond donors (Lipinski definition) is 0. The topological polar surface area (TPSA) is 48.7 Å². The average Bonchev–Trinajstić information content (AvgIpc) is 2.97. The highest BCUT2D eigenvalue weighted by Gasteiger charge is 2.11. The molecule has 1 heterocycles. The van der Waals surface area contributed by atoms with Gasteiger partial charge in [0.25, 0.3) is 0 Å². The average molecular weight is 258 g/mol. The van der Waals surface area contributed by atoms with Gasteiger partial charge in [0.15, 0.2) is 5.78 Å². The number of rotatable bonds is 5. The minimum Gasteiger partial charge on any atom is -0.497 e. The number of carbonyl (C=O) groups excluding carboxylic acids is 1. The first-order valence-electron chi connectivity index (χ1n) is 5.72. The molecular weight excluding hydrogens is 244 g/mol. The van der Waals surface area contributed by atoms with Crippen LogP contribution in [-0.2, 0) is 0 Å². The molecule has 2 rings (SSSR count). The Bertz CT molecular complexity index is 582. The van der Waals surface area contributed by atoms with Crippen LogP contribution in [-0.4, -0.2) is 20.0 Å². The molecule has 0 aliphatic heterocycles. The number of ketones is 1. The van der Waals surface area contributed by atoms with Crippen molar-refractivity contribution in [1.82, 2.24) is 0 Å². The molecule has 1 aromatic carbocycles. The summed E-state index contributed by atoms with van der Waals surface area (Å²) in [4.78, 5) is 12.1. The van der Waals surface area contributed by atoms with Crippen LogP contribution in [0.15, 0.2) is 47.1 Å². The molecule has 0 atom stereocenters. The van der Waals surface area contributed by atoms with Gasteiger partial charge in [-0.05, 0) is 42.5 Å². The van der Waals surface area contributed by atoms with Crippen LogP contribution in [0.4, 0.5) is 0 Å². The Morgan fingerprint density at radius 1 is 1.21 bits per heavy atom. The molecule has 0 unspecified atom stereocenters. The van der Waals surface area contributed by atoms with Crippen molar-refractivity contribution >= 4 is 11.9 Å². The maximum absolute atomic E-state index is 12.1. The normalized spacial score (nSPS) is 10.6. The van der Waals surface area contributed by atoms with Gasteiger partial charge in [-0.3, -0.25) is 4.79 Å². The summed E-state index contributed by atoms with van der Waals surface area (Å²) in [5.41, 5.74) is 0.449. The summed E-state index contributed by atoms with van der Waals surface area (Å²) in [7, 11) is 3.07. The van der Waals surface area contributed by atoms with Crippen LogP contribution >= 0.6 is 0 Å². The third kappa shape index (κ3) is 3.04. The predicted molar refractivity (Wildman–Crippen MR) is 71.6 cm³/mol. The van der Waals surface area contributed by atoms with Crippen molar-refractivity contribution in [2.75, 3.05) is 14.2 Å². The molecule has 0 amide bonds. The Labute approximate surface area is 111 Å². The van der Waals surface area contributed by atoms with E-state index in [0.717, 1.165) is 0 Å². The Hall–Kier alpha value is -2.49. The van der Waals surface area contributed by atoms with Gasteiger partial charge in [-0.25, -0.2) is 0 Å². The predicted octanol–water partition coefficient (Wildman–Crippen LogP) is 3.19. The van der Waals surface area contributed by atoms with Gasteiger partial charge >= 0.3 is 0 Å². The van der Waals surface area contributed by atoms with Gasteiger partial charge in [0, 0.05) is 0 Å². The molecule has 0 N–H and O–H groups in total. The molecule has 19 heavy (non-hydrogen) atoms. The number of furan rings is 1. The molecule has 0 radical (unpaired) electrons. The Balaban J connectivity index is 2.27. The quantitative estimate of drug-likeness (QED) is 0.610. The van der Waals surface area contributed by atoms with E-state index in [0.29, 0.717) is 22.8 Å². The van der Waals surface area contributed by atoms with Crippen molar-refractivity contribution in [2.45, 2.75) is 0 Å². The molecule has 0 bridgehead atoms.